The van der Waals surface area contributed by atoms with Crippen LogP contribution in [0.1, 0.15) is 18.9 Å². The van der Waals surface area contributed by atoms with E-state index in [9.17, 15) is 0 Å². The van der Waals surface area contributed by atoms with E-state index in [1.807, 2.05) is 44.1 Å². The lowest BCUT2D eigenvalue weighted by molar-refractivity contribution is 0.249. The predicted molar refractivity (Wildman–Crippen MR) is 134 cm³/mol. The number of benzene rings is 1. The number of halogens is 1. The Morgan fingerprint density at radius 3 is 2.50 bits per heavy atom. The molecule has 0 unspecified atom stereocenters. The summed E-state index contributed by atoms with van der Waals surface area (Å²) in [7, 11) is 4.01. The molecule has 1 aliphatic carbocycles. The lowest BCUT2D eigenvalue weighted by atomic mass is 10.2. The van der Waals surface area contributed by atoms with Crippen molar-refractivity contribution in [1.82, 2.24) is 14.9 Å². The van der Waals surface area contributed by atoms with Gasteiger partial charge in [-0.25, -0.2) is 0 Å². The van der Waals surface area contributed by atoms with Crippen LogP contribution in [0.4, 0.5) is 17.6 Å². The lowest BCUT2D eigenvalue weighted by Gasteiger charge is -2.35. The molecule has 6 nitrogen and oxygen atoms in total. The van der Waals surface area contributed by atoms with Crippen molar-refractivity contribution in [3.05, 3.63) is 76.5 Å². The van der Waals surface area contributed by atoms with Gasteiger partial charge < -0.3 is 15.1 Å². The van der Waals surface area contributed by atoms with Crippen molar-refractivity contribution in [2.75, 3.05) is 55.4 Å². The maximum atomic E-state index is 6.28. The fourth-order valence-electron chi connectivity index (χ4n) is 3.80. The zero-order valence-electron chi connectivity index (χ0n) is 19.1. The van der Waals surface area contributed by atoms with Crippen LogP contribution in [0.3, 0.4) is 0 Å². The zero-order valence-corrected chi connectivity index (χ0v) is 19.8. The highest BCUT2D eigenvalue weighted by Gasteiger charge is 2.21. The van der Waals surface area contributed by atoms with E-state index in [2.05, 4.69) is 51.5 Å². The molecular weight excluding hydrogens is 420 g/mol. The number of aromatic nitrogens is 2. The molecule has 1 fully saturated rings. The Labute approximate surface area is 195 Å². The standard InChI is InChI=1S/C25H31ClN6/c1-19-9-10-21(11-12-22(19)26)27-23-17-24(30(2)3)29-25(28-23)32-15-13-31(14-16-32)18-20-7-5-4-6-8-20/h4-10,12,17H,11,13-16,18H2,1-3H3,(H,27,28,29). The van der Waals surface area contributed by atoms with Gasteiger partial charge in [0.1, 0.15) is 11.6 Å². The maximum absolute atomic E-state index is 6.28. The molecule has 2 aliphatic rings. The molecule has 1 N–H and O–H groups in total. The van der Waals surface area contributed by atoms with Crippen LogP contribution >= 0.6 is 11.6 Å². The van der Waals surface area contributed by atoms with Gasteiger partial charge in [-0.3, -0.25) is 4.90 Å². The van der Waals surface area contributed by atoms with Crippen molar-refractivity contribution < 1.29 is 0 Å². The van der Waals surface area contributed by atoms with Gasteiger partial charge in [0.25, 0.3) is 0 Å². The first-order valence-corrected chi connectivity index (χ1v) is 11.4. The zero-order chi connectivity index (χ0) is 22.5. The maximum Gasteiger partial charge on any atom is 0.229 e. The van der Waals surface area contributed by atoms with Crippen molar-refractivity contribution in [2.24, 2.45) is 0 Å². The third kappa shape index (κ3) is 5.69. The Kier molecular flexibility index (Phi) is 7.12. The molecule has 0 atom stereocenters. The molecule has 0 saturated carbocycles. The number of hydrogen-bond donors (Lipinski definition) is 1. The summed E-state index contributed by atoms with van der Waals surface area (Å²) in [5.41, 5.74) is 3.48. The highest BCUT2D eigenvalue weighted by Crippen LogP contribution is 2.25. The highest BCUT2D eigenvalue weighted by atomic mass is 35.5. The third-order valence-electron chi connectivity index (χ3n) is 5.76. The minimum atomic E-state index is 0.738. The lowest BCUT2D eigenvalue weighted by Crippen LogP contribution is -2.46. The number of rotatable bonds is 6. The summed E-state index contributed by atoms with van der Waals surface area (Å²) in [5.74, 6) is 2.46. The van der Waals surface area contributed by atoms with Crippen LogP contribution in [-0.4, -0.2) is 55.1 Å². The molecule has 0 radical (unpaired) electrons. The van der Waals surface area contributed by atoms with Crippen LogP contribution in [0, 0.1) is 0 Å². The van der Waals surface area contributed by atoms with E-state index in [4.69, 9.17) is 21.6 Å². The Bertz CT molecular complexity index is 1020. The SMILES string of the molecule is CC1=CC=C(Nc2cc(N(C)C)nc(N3CCN(Cc4ccccc4)CC3)n2)CC=C1Cl. The Hall–Kier alpha value is -2.83. The molecule has 1 aromatic heterocycles. The van der Waals surface area contributed by atoms with Gasteiger partial charge in [0.2, 0.25) is 5.95 Å². The molecule has 7 heteroatoms. The fraction of sp³-hybridized carbons (Fsp3) is 0.360. The van der Waals surface area contributed by atoms with Gasteiger partial charge in [0, 0.05) is 70.0 Å². The van der Waals surface area contributed by atoms with Crippen molar-refractivity contribution in [3.8, 4) is 0 Å². The first-order valence-electron chi connectivity index (χ1n) is 11.1. The second-order valence-electron chi connectivity index (χ2n) is 8.48. The number of nitrogens with one attached hydrogen (secondary N) is 1. The third-order valence-corrected chi connectivity index (χ3v) is 6.22. The van der Waals surface area contributed by atoms with Gasteiger partial charge in [-0.1, -0.05) is 54.1 Å². The van der Waals surface area contributed by atoms with E-state index in [1.54, 1.807) is 0 Å². The van der Waals surface area contributed by atoms with Crippen LogP contribution in [0.2, 0.25) is 0 Å². The van der Waals surface area contributed by atoms with Gasteiger partial charge in [-0.15, -0.1) is 0 Å². The van der Waals surface area contributed by atoms with Crippen LogP contribution < -0.4 is 15.1 Å². The summed E-state index contributed by atoms with van der Waals surface area (Å²) in [5, 5.41) is 4.27. The molecule has 2 aromatic rings. The molecule has 0 spiro atoms. The van der Waals surface area contributed by atoms with Crippen LogP contribution in [-0.2, 0) is 6.54 Å². The second kappa shape index (κ2) is 10.2. The Morgan fingerprint density at radius 1 is 1.03 bits per heavy atom. The molecule has 1 aromatic carbocycles. The van der Waals surface area contributed by atoms with E-state index >= 15 is 0 Å². The first kappa shape index (κ1) is 22.4. The Morgan fingerprint density at radius 2 is 1.78 bits per heavy atom. The Balaban J connectivity index is 1.46. The van der Waals surface area contributed by atoms with E-state index in [1.165, 1.54) is 5.56 Å². The normalized spacial score (nSPS) is 17.2. The number of allylic oxidation sites excluding steroid dienone is 5. The molecule has 2 heterocycles. The molecule has 4 rings (SSSR count). The predicted octanol–water partition coefficient (Wildman–Crippen LogP) is 4.63. The van der Waals surface area contributed by atoms with Crippen LogP contribution in [0.5, 0.6) is 0 Å². The van der Waals surface area contributed by atoms with Gasteiger partial charge in [-0.05, 0) is 24.1 Å². The summed E-state index contributed by atoms with van der Waals surface area (Å²) >= 11 is 6.28. The number of hydrogen-bond acceptors (Lipinski definition) is 6. The van der Waals surface area contributed by atoms with E-state index in [-0.39, 0.29) is 0 Å². The topological polar surface area (TPSA) is 47.5 Å². The summed E-state index contributed by atoms with van der Waals surface area (Å²) < 4.78 is 0. The average Bonchev–Trinajstić information content (AvgIpc) is 2.96. The quantitative estimate of drug-likeness (QED) is 0.692. The van der Waals surface area contributed by atoms with Gasteiger partial charge >= 0.3 is 0 Å². The number of piperazine rings is 1. The monoisotopic (exact) mass is 450 g/mol. The van der Waals surface area contributed by atoms with Gasteiger partial charge in [-0.2, -0.15) is 9.97 Å². The van der Waals surface area contributed by atoms with Crippen molar-refractivity contribution in [1.29, 1.82) is 0 Å². The van der Waals surface area contributed by atoms with Crippen molar-refractivity contribution >= 4 is 29.2 Å². The van der Waals surface area contributed by atoms with E-state index in [0.29, 0.717) is 0 Å². The minimum absolute atomic E-state index is 0.738. The number of nitrogens with zero attached hydrogens (tertiary/aromatic N) is 5. The highest BCUT2D eigenvalue weighted by molar-refractivity contribution is 6.32. The molecule has 0 amide bonds. The summed E-state index contributed by atoms with van der Waals surface area (Å²) in [6.07, 6.45) is 6.87. The molecule has 0 bridgehead atoms. The number of anilines is 3. The van der Waals surface area contributed by atoms with Gasteiger partial charge in [0.05, 0.1) is 0 Å². The van der Waals surface area contributed by atoms with Crippen LogP contribution in [0.25, 0.3) is 0 Å². The first-order chi connectivity index (χ1) is 15.5. The smallest absolute Gasteiger partial charge is 0.229 e. The summed E-state index contributed by atoms with van der Waals surface area (Å²) in [4.78, 5) is 16.5. The molecule has 1 aliphatic heterocycles. The fourth-order valence-corrected chi connectivity index (χ4v) is 3.94. The van der Waals surface area contributed by atoms with E-state index in [0.717, 1.165) is 73.0 Å². The van der Waals surface area contributed by atoms with Crippen molar-refractivity contribution in [3.63, 3.8) is 0 Å². The van der Waals surface area contributed by atoms with E-state index < -0.39 is 0 Å². The van der Waals surface area contributed by atoms with Gasteiger partial charge in [0.15, 0.2) is 0 Å². The second-order valence-corrected chi connectivity index (χ2v) is 8.88. The minimum Gasteiger partial charge on any atom is -0.363 e. The average molecular weight is 451 g/mol. The summed E-state index contributed by atoms with van der Waals surface area (Å²) in [6, 6.07) is 12.6. The molecule has 32 heavy (non-hydrogen) atoms. The molecule has 168 valence electrons. The van der Waals surface area contributed by atoms with Crippen molar-refractivity contribution in [2.45, 2.75) is 19.9 Å². The molecular formula is C25H31ClN6. The summed E-state index contributed by atoms with van der Waals surface area (Å²) in [6.45, 7) is 6.80. The molecule has 1 saturated heterocycles. The largest absolute Gasteiger partial charge is 0.363 e. The van der Waals surface area contributed by atoms with Crippen LogP contribution in [0.15, 0.2) is 70.9 Å².